The topological polar surface area (TPSA) is 43.8 Å². The van der Waals surface area contributed by atoms with Gasteiger partial charge >= 0.3 is 0 Å². The van der Waals surface area contributed by atoms with Crippen LogP contribution in [0.2, 0.25) is 0 Å². The third kappa shape index (κ3) is 7.34. The summed E-state index contributed by atoms with van der Waals surface area (Å²) in [6, 6.07) is 13.4. The van der Waals surface area contributed by atoms with E-state index in [2.05, 4.69) is 36.9 Å². The Balaban J connectivity index is 2.15. The van der Waals surface area contributed by atoms with Crippen LogP contribution >= 0.6 is 0 Å². The van der Waals surface area contributed by atoms with Crippen molar-refractivity contribution in [2.45, 2.75) is 46.1 Å². The van der Waals surface area contributed by atoms with Gasteiger partial charge in [-0.1, -0.05) is 44.9 Å². The molecule has 0 radical (unpaired) electrons. The van der Waals surface area contributed by atoms with Crippen LogP contribution in [0, 0.1) is 0 Å². The molecule has 0 heterocycles. The lowest BCUT2D eigenvalue weighted by Crippen LogP contribution is -2.25. The summed E-state index contributed by atoms with van der Waals surface area (Å²) in [4.78, 5) is 17.1. The van der Waals surface area contributed by atoms with Crippen LogP contribution in [-0.2, 0) is 6.54 Å². The van der Waals surface area contributed by atoms with E-state index in [0.29, 0.717) is 12.1 Å². The van der Waals surface area contributed by atoms with Crippen molar-refractivity contribution in [1.29, 1.82) is 0 Å². The number of carbonyl (C=O) groups is 1. The largest absolute Gasteiger partial charge is 0.508 e. The molecule has 4 heteroatoms. The lowest BCUT2D eigenvalue weighted by Gasteiger charge is -2.25. The van der Waals surface area contributed by atoms with Crippen molar-refractivity contribution >= 4 is 17.5 Å². The van der Waals surface area contributed by atoms with E-state index in [4.69, 9.17) is 0 Å². The van der Waals surface area contributed by atoms with E-state index in [9.17, 15) is 9.90 Å². The van der Waals surface area contributed by atoms with Crippen LogP contribution in [0.4, 0.5) is 5.69 Å². The van der Waals surface area contributed by atoms with E-state index in [-0.39, 0.29) is 11.5 Å². The number of rotatable bonds is 12. The molecule has 0 aliphatic heterocycles. The molecule has 0 spiro atoms. The summed E-state index contributed by atoms with van der Waals surface area (Å²) in [7, 11) is 3.87. The Labute approximate surface area is 181 Å². The molecule has 0 unspecified atom stereocenters. The van der Waals surface area contributed by atoms with Crippen molar-refractivity contribution < 1.29 is 9.90 Å². The Bertz CT molecular complexity index is 835. The predicted molar refractivity (Wildman–Crippen MR) is 127 cm³/mol. The van der Waals surface area contributed by atoms with Gasteiger partial charge in [0.25, 0.3) is 0 Å². The number of ketones is 1. The highest BCUT2D eigenvalue weighted by Crippen LogP contribution is 2.21. The number of unbranched alkanes of at least 4 members (excludes halogenated alkanes) is 2. The molecule has 0 aliphatic carbocycles. The highest BCUT2D eigenvalue weighted by Gasteiger charge is 2.09. The molecule has 0 saturated heterocycles. The second-order valence-electron chi connectivity index (χ2n) is 8.07. The number of benzene rings is 2. The molecule has 162 valence electrons. The molecule has 4 nitrogen and oxygen atoms in total. The second kappa shape index (κ2) is 12.2. The van der Waals surface area contributed by atoms with E-state index >= 15 is 0 Å². The van der Waals surface area contributed by atoms with Gasteiger partial charge in [0.15, 0.2) is 5.78 Å². The number of phenolic OH excluding ortho intramolecular Hbond substituents is 1. The monoisotopic (exact) mass is 408 g/mol. The molecule has 30 heavy (non-hydrogen) atoms. The van der Waals surface area contributed by atoms with Crippen molar-refractivity contribution in [2.24, 2.45) is 0 Å². The van der Waals surface area contributed by atoms with Gasteiger partial charge in [0.2, 0.25) is 0 Å². The highest BCUT2D eigenvalue weighted by molar-refractivity contribution is 6.07. The minimum absolute atomic E-state index is 0.0609. The van der Waals surface area contributed by atoms with Crippen molar-refractivity contribution in [3.8, 4) is 5.75 Å². The minimum atomic E-state index is -0.0609. The first-order valence-electron chi connectivity index (χ1n) is 11.0. The molecule has 2 aromatic carbocycles. The zero-order chi connectivity index (χ0) is 21.9. The summed E-state index contributed by atoms with van der Waals surface area (Å²) in [5.41, 5.74) is 3.57. The Morgan fingerprint density at radius 2 is 1.70 bits per heavy atom. The van der Waals surface area contributed by atoms with Gasteiger partial charge < -0.3 is 14.9 Å². The first-order valence-corrected chi connectivity index (χ1v) is 11.0. The fraction of sp³-hybridized carbons (Fsp3) is 0.423. The lowest BCUT2D eigenvalue weighted by molar-refractivity contribution is 0.104. The molecule has 0 saturated carbocycles. The summed E-state index contributed by atoms with van der Waals surface area (Å²) in [6.45, 7) is 7.14. The zero-order valence-electron chi connectivity index (χ0n) is 18.9. The number of phenols is 1. The van der Waals surface area contributed by atoms with Crippen molar-refractivity contribution in [2.75, 3.05) is 32.1 Å². The van der Waals surface area contributed by atoms with Gasteiger partial charge in [-0.2, -0.15) is 0 Å². The van der Waals surface area contributed by atoms with Crippen LogP contribution in [0.5, 0.6) is 5.75 Å². The average molecular weight is 409 g/mol. The lowest BCUT2D eigenvalue weighted by atomic mass is 10.0. The first-order chi connectivity index (χ1) is 14.4. The number of allylic oxidation sites excluding steroid dienone is 1. The fourth-order valence-corrected chi connectivity index (χ4v) is 3.37. The molecule has 2 aromatic rings. The highest BCUT2D eigenvalue weighted by atomic mass is 16.3. The number of nitrogens with zero attached hydrogens (tertiary/aromatic N) is 2. The zero-order valence-corrected chi connectivity index (χ0v) is 18.9. The van der Waals surface area contributed by atoms with E-state index < -0.39 is 0 Å². The van der Waals surface area contributed by atoms with Gasteiger partial charge in [-0.15, -0.1) is 0 Å². The normalized spacial score (nSPS) is 11.4. The quantitative estimate of drug-likeness (QED) is 0.358. The summed E-state index contributed by atoms with van der Waals surface area (Å²) in [5.74, 6) is 0.158. The average Bonchev–Trinajstić information content (AvgIpc) is 2.73. The molecule has 0 fully saturated rings. The summed E-state index contributed by atoms with van der Waals surface area (Å²) in [6.07, 6.45) is 8.21. The van der Waals surface area contributed by atoms with Crippen LogP contribution < -0.4 is 4.90 Å². The van der Waals surface area contributed by atoms with Gasteiger partial charge in [-0.25, -0.2) is 0 Å². The molecule has 2 rings (SSSR count). The summed E-state index contributed by atoms with van der Waals surface area (Å²) < 4.78 is 0. The standard InChI is InChI=1S/C26H36N2O2/c1-5-7-16-28(17-8-6-2)24-11-9-10-21(18-24)12-14-25(29)22-13-15-26(30)23(19-22)20-27(3)4/h9-15,18-19,30H,5-8,16-17,20H2,1-4H3. The number of aromatic hydroxyl groups is 1. The Morgan fingerprint density at radius 3 is 2.33 bits per heavy atom. The maximum Gasteiger partial charge on any atom is 0.185 e. The van der Waals surface area contributed by atoms with Gasteiger partial charge in [0.1, 0.15) is 5.75 Å². The van der Waals surface area contributed by atoms with Crippen molar-refractivity contribution in [3.05, 3.63) is 65.2 Å². The molecular formula is C26H36N2O2. The van der Waals surface area contributed by atoms with Crippen LogP contribution in [0.15, 0.2) is 48.5 Å². The Morgan fingerprint density at radius 1 is 1.00 bits per heavy atom. The van der Waals surface area contributed by atoms with Crippen LogP contribution in [0.3, 0.4) is 0 Å². The smallest absolute Gasteiger partial charge is 0.185 e. The number of hydrogen-bond acceptors (Lipinski definition) is 4. The molecule has 0 atom stereocenters. The SMILES string of the molecule is CCCCN(CCCC)c1cccc(C=CC(=O)c2ccc(O)c(CN(C)C)c2)c1. The van der Waals surface area contributed by atoms with Gasteiger partial charge in [-0.3, -0.25) is 4.79 Å². The molecule has 0 amide bonds. The molecule has 1 N–H and O–H groups in total. The Kier molecular flexibility index (Phi) is 9.62. The number of hydrogen-bond donors (Lipinski definition) is 1. The predicted octanol–water partition coefficient (Wildman–Crippen LogP) is 5.76. The Hall–Kier alpha value is -2.59. The first kappa shape index (κ1) is 23.7. The van der Waals surface area contributed by atoms with E-state index in [1.165, 1.54) is 31.4 Å². The summed E-state index contributed by atoms with van der Waals surface area (Å²) >= 11 is 0. The van der Waals surface area contributed by atoms with Crippen molar-refractivity contribution in [3.63, 3.8) is 0 Å². The van der Waals surface area contributed by atoms with Crippen LogP contribution in [0.1, 0.15) is 61.0 Å². The maximum absolute atomic E-state index is 12.7. The van der Waals surface area contributed by atoms with Gasteiger partial charge in [0, 0.05) is 36.4 Å². The second-order valence-corrected chi connectivity index (χ2v) is 8.07. The number of carbonyl (C=O) groups excluding carboxylic acids is 1. The van der Waals surface area contributed by atoms with Crippen LogP contribution in [-0.4, -0.2) is 43.0 Å². The molecule has 0 aromatic heterocycles. The summed E-state index contributed by atoms with van der Waals surface area (Å²) in [5, 5.41) is 10.0. The van der Waals surface area contributed by atoms with Crippen LogP contribution in [0.25, 0.3) is 6.08 Å². The van der Waals surface area contributed by atoms with E-state index in [1.54, 1.807) is 24.3 Å². The molecule has 0 aliphatic rings. The molecular weight excluding hydrogens is 372 g/mol. The minimum Gasteiger partial charge on any atom is -0.508 e. The third-order valence-corrected chi connectivity index (χ3v) is 5.08. The number of anilines is 1. The molecule has 0 bridgehead atoms. The third-order valence-electron chi connectivity index (χ3n) is 5.08. The van der Waals surface area contributed by atoms with Gasteiger partial charge in [0.05, 0.1) is 0 Å². The van der Waals surface area contributed by atoms with Gasteiger partial charge in [-0.05, 0) is 68.9 Å². The van der Waals surface area contributed by atoms with E-state index in [1.807, 2.05) is 31.1 Å². The fourth-order valence-electron chi connectivity index (χ4n) is 3.37. The van der Waals surface area contributed by atoms with Crippen molar-refractivity contribution in [1.82, 2.24) is 4.90 Å². The maximum atomic E-state index is 12.7. The van der Waals surface area contributed by atoms with E-state index in [0.717, 1.165) is 24.2 Å².